The van der Waals surface area contributed by atoms with E-state index in [1.54, 1.807) is 0 Å². The topological polar surface area (TPSA) is 60.7 Å². The lowest BCUT2D eigenvalue weighted by Gasteiger charge is -2.31. The normalized spacial score (nSPS) is 53.8. The van der Waals surface area contributed by atoms with Gasteiger partial charge in [0, 0.05) is 6.42 Å². The summed E-state index contributed by atoms with van der Waals surface area (Å²) in [4.78, 5) is 0. The lowest BCUT2D eigenvalue weighted by atomic mass is 10.0. The molecule has 3 N–H and O–H groups in total. The molecule has 70 valence electrons. The van der Waals surface area contributed by atoms with Gasteiger partial charge in [-0.25, -0.2) is 0 Å². The lowest BCUT2D eigenvalue weighted by molar-refractivity contribution is -0.0558. The monoisotopic (exact) mass is 191 g/mol. The molecule has 0 radical (unpaired) electrons. The minimum Gasteiger partial charge on any atom is -0.387 e. The summed E-state index contributed by atoms with van der Waals surface area (Å²) >= 11 is 0. The maximum absolute atomic E-state index is 9.62. The first kappa shape index (κ1) is 8.81. The van der Waals surface area contributed by atoms with Crippen LogP contribution in [0.25, 0.3) is 0 Å². The standard InChI is InChI=1S/C8H15O3S/c9-5-4-12-3-1-2-6(12)8(11)7(5)10/h5-11H,1-4H2/q+1/t5-,6+,7+,8+,12?/m0/s1. The van der Waals surface area contributed by atoms with E-state index in [2.05, 4.69) is 0 Å². The van der Waals surface area contributed by atoms with Gasteiger partial charge in [-0.15, -0.1) is 0 Å². The summed E-state index contributed by atoms with van der Waals surface area (Å²) in [5.74, 6) is 1.83. The van der Waals surface area contributed by atoms with Crippen LogP contribution in [0.4, 0.5) is 0 Å². The van der Waals surface area contributed by atoms with Crippen LogP contribution in [0.1, 0.15) is 12.8 Å². The van der Waals surface area contributed by atoms with Crippen molar-refractivity contribution in [3.63, 3.8) is 0 Å². The first-order valence-corrected chi connectivity index (χ1v) is 6.03. The molecule has 3 nitrogen and oxygen atoms in total. The van der Waals surface area contributed by atoms with Crippen molar-refractivity contribution < 1.29 is 15.3 Å². The molecule has 2 saturated heterocycles. The zero-order chi connectivity index (χ0) is 8.72. The maximum Gasteiger partial charge on any atom is 0.146 e. The van der Waals surface area contributed by atoms with Crippen molar-refractivity contribution in [2.24, 2.45) is 0 Å². The van der Waals surface area contributed by atoms with Crippen LogP contribution in [0.15, 0.2) is 0 Å². The molecule has 0 aromatic carbocycles. The van der Waals surface area contributed by atoms with Gasteiger partial charge >= 0.3 is 0 Å². The second kappa shape index (κ2) is 3.18. The number of hydrogen-bond acceptors (Lipinski definition) is 3. The quantitative estimate of drug-likeness (QED) is 0.424. The molecule has 0 aliphatic carbocycles. The Morgan fingerprint density at radius 3 is 2.58 bits per heavy atom. The number of rotatable bonds is 0. The van der Waals surface area contributed by atoms with Gasteiger partial charge in [0.05, 0.1) is 0 Å². The number of fused-ring (bicyclic) bond motifs is 1. The molecule has 1 unspecified atom stereocenters. The molecule has 0 aromatic rings. The predicted molar refractivity (Wildman–Crippen MR) is 48.1 cm³/mol. The van der Waals surface area contributed by atoms with Crippen LogP contribution in [0, 0.1) is 0 Å². The molecule has 4 heteroatoms. The molecule has 0 bridgehead atoms. The minimum atomic E-state index is -0.906. The van der Waals surface area contributed by atoms with Crippen LogP contribution in [0.5, 0.6) is 0 Å². The molecule has 2 heterocycles. The van der Waals surface area contributed by atoms with E-state index < -0.39 is 18.3 Å². The van der Waals surface area contributed by atoms with Crippen LogP contribution in [-0.2, 0) is 10.9 Å². The average molecular weight is 191 g/mol. The molecule has 2 fully saturated rings. The highest BCUT2D eigenvalue weighted by Crippen LogP contribution is 2.32. The summed E-state index contributed by atoms with van der Waals surface area (Å²) in [6.07, 6.45) is -0.118. The van der Waals surface area contributed by atoms with E-state index in [4.69, 9.17) is 0 Å². The van der Waals surface area contributed by atoms with Gasteiger partial charge in [-0.3, -0.25) is 0 Å². The van der Waals surface area contributed by atoms with Crippen molar-refractivity contribution >= 4 is 10.9 Å². The van der Waals surface area contributed by atoms with E-state index in [0.717, 1.165) is 18.6 Å². The van der Waals surface area contributed by atoms with E-state index in [0.29, 0.717) is 5.75 Å². The van der Waals surface area contributed by atoms with E-state index in [9.17, 15) is 15.3 Å². The first-order valence-electron chi connectivity index (χ1n) is 4.40. The highest BCUT2D eigenvalue weighted by atomic mass is 32.2. The predicted octanol–water partition coefficient (Wildman–Crippen LogP) is -1.14. The summed E-state index contributed by atoms with van der Waals surface area (Å²) in [6.45, 7) is 0. The van der Waals surface area contributed by atoms with E-state index in [1.807, 2.05) is 0 Å². The average Bonchev–Trinajstić information content (AvgIpc) is 2.48. The molecular weight excluding hydrogens is 176 g/mol. The van der Waals surface area contributed by atoms with Crippen molar-refractivity contribution in [1.82, 2.24) is 0 Å². The Bertz CT molecular complexity index is 176. The van der Waals surface area contributed by atoms with Gasteiger partial charge in [-0.2, -0.15) is 0 Å². The van der Waals surface area contributed by atoms with Crippen molar-refractivity contribution in [3.8, 4) is 0 Å². The summed E-state index contributed by atoms with van der Waals surface area (Å²) in [6, 6.07) is 0. The van der Waals surface area contributed by atoms with Crippen LogP contribution < -0.4 is 0 Å². The third-order valence-corrected chi connectivity index (χ3v) is 5.79. The third kappa shape index (κ3) is 1.27. The molecule has 2 aliphatic rings. The Labute approximate surface area is 74.8 Å². The van der Waals surface area contributed by atoms with Gasteiger partial charge in [-0.05, 0) is 17.3 Å². The molecule has 5 atom stereocenters. The molecule has 0 amide bonds. The molecular formula is C8H15O3S+. The van der Waals surface area contributed by atoms with Gasteiger partial charge in [-0.1, -0.05) is 0 Å². The lowest BCUT2D eigenvalue weighted by Crippen LogP contribution is -2.54. The fourth-order valence-corrected chi connectivity index (χ4v) is 5.07. The van der Waals surface area contributed by atoms with Crippen molar-refractivity contribution in [1.29, 1.82) is 0 Å². The SMILES string of the molecule is O[C@H]1[C@H](O)[C@@H](O)C[S+]2CCC[C@H]12. The van der Waals surface area contributed by atoms with Crippen LogP contribution in [-0.4, -0.2) is 50.4 Å². The number of hydrogen-bond donors (Lipinski definition) is 3. The summed E-state index contributed by atoms with van der Waals surface area (Å²) in [5, 5.41) is 28.7. The highest BCUT2D eigenvalue weighted by Gasteiger charge is 2.51. The van der Waals surface area contributed by atoms with Gasteiger partial charge in [0.25, 0.3) is 0 Å². The van der Waals surface area contributed by atoms with Gasteiger partial charge in [0.15, 0.2) is 0 Å². The molecule has 0 saturated carbocycles. The van der Waals surface area contributed by atoms with Crippen molar-refractivity contribution in [2.75, 3.05) is 11.5 Å². The van der Waals surface area contributed by atoms with E-state index >= 15 is 0 Å². The minimum absolute atomic E-state index is 0.174. The van der Waals surface area contributed by atoms with Gasteiger partial charge in [0.1, 0.15) is 35.1 Å². The molecule has 2 rings (SSSR count). The smallest absolute Gasteiger partial charge is 0.146 e. The van der Waals surface area contributed by atoms with Crippen molar-refractivity contribution in [2.45, 2.75) is 36.4 Å². The molecule has 0 aromatic heterocycles. The first-order chi connectivity index (χ1) is 5.70. The Balaban J connectivity index is 2.10. The van der Waals surface area contributed by atoms with Gasteiger partial charge < -0.3 is 15.3 Å². The van der Waals surface area contributed by atoms with Crippen LogP contribution >= 0.6 is 0 Å². The Kier molecular flexibility index (Phi) is 2.33. The largest absolute Gasteiger partial charge is 0.387 e. The number of aliphatic hydroxyl groups is 3. The Morgan fingerprint density at radius 2 is 1.83 bits per heavy atom. The third-order valence-electron chi connectivity index (χ3n) is 2.83. The number of aliphatic hydroxyl groups excluding tert-OH is 3. The van der Waals surface area contributed by atoms with Gasteiger partial charge in [0.2, 0.25) is 0 Å². The Morgan fingerprint density at radius 1 is 1.08 bits per heavy atom. The second-order valence-electron chi connectivity index (χ2n) is 3.64. The fourth-order valence-electron chi connectivity index (χ4n) is 2.13. The van der Waals surface area contributed by atoms with Crippen LogP contribution in [0.2, 0.25) is 0 Å². The van der Waals surface area contributed by atoms with E-state index in [1.165, 1.54) is 0 Å². The summed E-state index contributed by atoms with van der Waals surface area (Å²) < 4.78 is 0. The fraction of sp³-hybridized carbons (Fsp3) is 1.00. The molecule has 12 heavy (non-hydrogen) atoms. The molecule has 0 spiro atoms. The zero-order valence-corrected chi connectivity index (χ0v) is 7.70. The van der Waals surface area contributed by atoms with E-state index in [-0.39, 0.29) is 16.1 Å². The highest BCUT2D eigenvalue weighted by molar-refractivity contribution is 7.97. The van der Waals surface area contributed by atoms with Crippen molar-refractivity contribution in [3.05, 3.63) is 0 Å². The maximum atomic E-state index is 9.62. The van der Waals surface area contributed by atoms with Crippen LogP contribution in [0.3, 0.4) is 0 Å². The summed E-state index contributed by atoms with van der Waals surface area (Å²) in [5.41, 5.74) is 0. The zero-order valence-electron chi connectivity index (χ0n) is 6.89. The second-order valence-corrected chi connectivity index (χ2v) is 6.06. The summed E-state index contributed by atoms with van der Waals surface area (Å²) in [7, 11) is 0.174. The molecule has 2 aliphatic heterocycles. The Hall–Kier alpha value is 0.230.